The van der Waals surface area contributed by atoms with Gasteiger partial charge in [0, 0.05) is 12.6 Å². The van der Waals surface area contributed by atoms with E-state index in [2.05, 4.69) is 48.1 Å². The number of nitrogens with one attached hydrogen (secondary N) is 1. The van der Waals surface area contributed by atoms with Crippen molar-refractivity contribution in [2.24, 2.45) is 11.8 Å². The maximum Gasteiger partial charge on any atom is 0.318 e. The zero-order valence-electron chi connectivity index (χ0n) is 12.5. The van der Waals surface area contributed by atoms with Crippen molar-refractivity contribution in [2.75, 3.05) is 18.0 Å². The molecule has 1 fully saturated rings. The Morgan fingerprint density at radius 2 is 2.16 bits per heavy atom. The number of nitrogens with zero attached hydrogens (tertiary/aromatic N) is 3. The van der Waals surface area contributed by atoms with Gasteiger partial charge in [0.15, 0.2) is 0 Å². The zero-order chi connectivity index (χ0) is 13.8. The maximum absolute atomic E-state index is 5.76. The molecule has 2 atom stereocenters. The summed E-state index contributed by atoms with van der Waals surface area (Å²) in [5, 5.41) is 11.6. The van der Waals surface area contributed by atoms with E-state index in [1.807, 2.05) is 0 Å². The first-order valence-electron chi connectivity index (χ1n) is 7.37. The van der Waals surface area contributed by atoms with Gasteiger partial charge in [0.05, 0.1) is 6.54 Å². The first kappa shape index (κ1) is 14.3. The summed E-state index contributed by atoms with van der Waals surface area (Å²) >= 11 is 0. The lowest BCUT2D eigenvalue weighted by atomic mass is 9.92. The van der Waals surface area contributed by atoms with E-state index in [0.717, 1.165) is 13.1 Å². The van der Waals surface area contributed by atoms with E-state index in [1.165, 1.54) is 12.8 Å². The molecule has 0 saturated carbocycles. The van der Waals surface area contributed by atoms with E-state index in [9.17, 15) is 0 Å². The maximum atomic E-state index is 5.76. The van der Waals surface area contributed by atoms with Gasteiger partial charge in [-0.1, -0.05) is 25.9 Å². The van der Waals surface area contributed by atoms with Crippen molar-refractivity contribution in [3.63, 3.8) is 0 Å². The van der Waals surface area contributed by atoms with Gasteiger partial charge in [-0.15, -0.1) is 5.10 Å². The van der Waals surface area contributed by atoms with Crippen LogP contribution in [0.25, 0.3) is 0 Å². The molecule has 1 saturated heterocycles. The Hall–Kier alpha value is -1.10. The zero-order valence-corrected chi connectivity index (χ0v) is 12.5. The predicted molar refractivity (Wildman–Crippen MR) is 76.0 cm³/mol. The van der Waals surface area contributed by atoms with Crippen molar-refractivity contribution in [3.05, 3.63) is 5.89 Å². The quantitative estimate of drug-likeness (QED) is 0.887. The summed E-state index contributed by atoms with van der Waals surface area (Å²) in [5.41, 5.74) is 0. The van der Waals surface area contributed by atoms with E-state index in [0.29, 0.717) is 36.3 Å². The Balaban J connectivity index is 1.92. The lowest BCUT2D eigenvalue weighted by molar-refractivity contribution is 0.338. The molecule has 1 N–H and O–H groups in total. The molecule has 1 aromatic rings. The average Bonchev–Trinajstić information content (AvgIpc) is 2.81. The van der Waals surface area contributed by atoms with Crippen molar-refractivity contribution in [1.29, 1.82) is 0 Å². The van der Waals surface area contributed by atoms with Gasteiger partial charge in [-0.05, 0) is 38.1 Å². The summed E-state index contributed by atoms with van der Waals surface area (Å²) in [6.07, 6.45) is 2.49. The molecule has 108 valence electrons. The fourth-order valence-electron chi connectivity index (χ4n) is 2.51. The second-order valence-corrected chi connectivity index (χ2v) is 6.06. The summed E-state index contributed by atoms with van der Waals surface area (Å²) in [5.74, 6) is 2.00. The highest BCUT2D eigenvalue weighted by molar-refractivity contribution is 5.27. The molecule has 19 heavy (non-hydrogen) atoms. The molecular formula is C14H26N4O. The van der Waals surface area contributed by atoms with Crippen molar-refractivity contribution >= 4 is 6.01 Å². The first-order chi connectivity index (χ1) is 9.08. The molecular weight excluding hydrogens is 240 g/mol. The smallest absolute Gasteiger partial charge is 0.318 e. The molecule has 0 bridgehead atoms. The standard InChI is InChI=1S/C14H26N4O/c1-10(2)8-15-9-13-16-17-14(19-13)18-7-5-6-11(3)12(18)4/h10-12,15H,5-9H2,1-4H3. The van der Waals surface area contributed by atoms with Crippen LogP contribution in [-0.4, -0.2) is 29.3 Å². The third kappa shape index (κ3) is 3.69. The predicted octanol–water partition coefficient (Wildman–Crippen LogP) is 2.44. The van der Waals surface area contributed by atoms with Crippen LogP contribution in [0.5, 0.6) is 0 Å². The number of aromatic nitrogens is 2. The van der Waals surface area contributed by atoms with Crippen LogP contribution in [-0.2, 0) is 6.54 Å². The molecule has 2 heterocycles. The summed E-state index contributed by atoms with van der Waals surface area (Å²) < 4.78 is 5.76. The normalized spacial score (nSPS) is 24.2. The van der Waals surface area contributed by atoms with Crippen molar-refractivity contribution in [1.82, 2.24) is 15.5 Å². The van der Waals surface area contributed by atoms with Crippen LogP contribution in [0.15, 0.2) is 4.42 Å². The highest BCUT2D eigenvalue weighted by atomic mass is 16.4. The van der Waals surface area contributed by atoms with Crippen LogP contribution in [0.4, 0.5) is 6.01 Å². The number of hydrogen-bond donors (Lipinski definition) is 1. The minimum Gasteiger partial charge on any atom is -0.407 e. The Kier molecular flexibility index (Phi) is 4.80. The third-order valence-corrected chi connectivity index (χ3v) is 3.90. The van der Waals surface area contributed by atoms with E-state index >= 15 is 0 Å². The second kappa shape index (κ2) is 6.37. The number of anilines is 1. The van der Waals surface area contributed by atoms with Gasteiger partial charge in [0.2, 0.25) is 5.89 Å². The summed E-state index contributed by atoms with van der Waals surface area (Å²) in [4.78, 5) is 2.24. The molecule has 0 aliphatic carbocycles. The third-order valence-electron chi connectivity index (χ3n) is 3.90. The fraction of sp³-hybridized carbons (Fsp3) is 0.857. The monoisotopic (exact) mass is 266 g/mol. The molecule has 1 aliphatic rings. The Labute approximate surface area is 115 Å². The number of rotatable bonds is 5. The summed E-state index contributed by atoms with van der Waals surface area (Å²) in [6, 6.07) is 1.16. The minimum absolute atomic E-state index is 0.477. The van der Waals surface area contributed by atoms with Gasteiger partial charge in [-0.2, -0.15) is 0 Å². The highest BCUT2D eigenvalue weighted by Gasteiger charge is 2.28. The molecule has 5 nitrogen and oxygen atoms in total. The van der Waals surface area contributed by atoms with E-state index in [1.54, 1.807) is 0 Å². The van der Waals surface area contributed by atoms with Crippen LogP contribution < -0.4 is 10.2 Å². The SMILES string of the molecule is CC(C)CNCc1nnc(N2CCCC(C)C2C)o1. The van der Waals surface area contributed by atoms with Gasteiger partial charge < -0.3 is 14.6 Å². The summed E-state index contributed by atoms with van der Waals surface area (Å²) in [6.45, 7) is 11.5. The van der Waals surface area contributed by atoms with E-state index in [4.69, 9.17) is 4.42 Å². The van der Waals surface area contributed by atoms with E-state index in [-0.39, 0.29) is 0 Å². The second-order valence-electron chi connectivity index (χ2n) is 6.06. The lowest BCUT2D eigenvalue weighted by Gasteiger charge is -2.36. The van der Waals surface area contributed by atoms with Crippen LogP contribution in [0.2, 0.25) is 0 Å². The first-order valence-corrected chi connectivity index (χ1v) is 7.37. The number of piperidine rings is 1. The van der Waals surface area contributed by atoms with Crippen molar-refractivity contribution in [3.8, 4) is 0 Å². The highest BCUT2D eigenvalue weighted by Crippen LogP contribution is 2.27. The van der Waals surface area contributed by atoms with Gasteiger partial charge >= 0.3 is 6.01 Å². The summed E-state index contributed by atoms with van der Waals surface area (Å²) in [7, 11) is 0. The van der Waals surface area contributed by atoms with Crippen LogP contribution in [0.1, 0.15) is 46.4 Å². The van der Waals surface area contributed by atoms with Crippen molar-refractivity contribution < 1.29 is 4.42 Å². The molecule has 0 amide bonds. The topological polar surface area (TPSA) is 54.2 Å². The molecule has 0 radical (unpaired) electrons. The molecule has 5 heteroatoms. The van der Waals surface area contributed by atoms with Crippen molar-refractivity contribution in [2.45, 2.75) is 53.1 Å². The van der Waals surface area contributed by atoms with Gasteiger partial charge in [-0.25, -0.2) is 0 Å². The van der Waals surface area contributed by atoms with Crippen LogP contribution >= 0.6 is 0 Å². The molecule has 2 unspecified atom stereocenters. The molecule has 1 aromatic heterocycles. The molecule has 0 aromatic carbocycles. The Morgan fingerprint density at radius 3 is 2.89 bits per heavy atom. The van der Waals surface area contributed by atoms with Crippen LogP contribution in [0, 0.1) is 11.8 Å². The molecule has 0 spiro atoms. The van der Waals surface area contributed by atoms with E-state index < -0.39 is 0 Å². The fourth-order valence-corrected chi connectivity index (χ4v) is 2.51. The Bertz CT molecular complexity index is 391. The van der Waals surface area contributed by atoms with Gasteiger partial charge in [0.25, 0.3) is 0 Å². The van der Waals surface area contributed by atoms with Gasteiger partial charge in [-0.3, -0.25) is 0 Å². The average molecular weight is 266 g/mol. The molecule has 2 rings (SSSR count). The Morgan fingerprint density at radius 1 is 1.37 bits per heavy atom. The minimum atomic E-state index is 0.477. The number of hydrogen-bond acceptors (Lipinski definition) is 5. The van der Waals surface area contributed by atoms with Crippen LogP contribution in [0.3, 0.4) is 0 Å². The van der Waals surface area contributed by atoms with Gasteiger partial charge in [0.1, 0.15) is 0 Å². The molecule has 1 aliphatic heterocycles. The largest absolute Gasteiger partial charge is 0.407 e. The lowest BCUT2D eigenvalue weighted by Crippen LogP contribution is -2.42.